The summed E-state index contributed by atoms with van der Waals surface area (Å²) < 4.78 is 18.1. The highest BCUT2D eigenvalue weighted by molar-refractivity contribution is 7.91. The SMILES string of the molecule is CCOC(=O)c1ccc(C2=Nc3ccccc3[S+]([O-])c3ccccc32)cc1. The van der Waals surface area contributed by atoms with Crippen molar-refractivity contribution >= 4 is 28.5 Å². The topological polar surface area (TPSA) is 61.7 Å². The van der Waals surface area contributed by atoms with Crippen molar-refractivity contribution < 1.29 is 14.1 Å². The van der Waals surface area contributed by atoms with E-state index in [1.54, 1.807) is 19.1 Å². The predicted molar refractivity (Wildman–Crippen MR) is 105 cm³/mol. The molecule has 1 aliphatic rings. The highest BCUT2D eigenvalue weighted by atomic mass is 32.2. The fraction of sp³-hybridized carbons (Fsp3) is 0.0909. The van der Waals surface area contributed by atoms with Gasteiger partial charge in [-0.05, 0) is 43.3 Å². The lowest BCUT2D eigenvalue weighted by Gasteiger charge is -2.12. The lowest BCUT2D eigenvalue weighted by Crippen LogP contribution is -2.10. The Morgan fingerprint density at radius 1 is 0.963 bits per heavy atom. The van der Waals surface area contributed by atoms with Crippen molar-refractivity contribution in [3.63, 3.8) is 0 Å². The van der Waals surface area contributed by atoms with Gasteiger partial charge in [-0.3, -0.25) is 0 Å². The number of aliphatic imine (C=N–C) groups is 1. The molecule has 0 bridgehead atoms. The van der Waals surface area contributed by atoms with Crippen LogP contribution in [0.1, 0.15) is 28.4 Å². The zero-order chi connectivity index (χ0) is 18.8. The molecule has 0 radical (unpaired) electrons. The maximum absolute atomic E-state index is 13.1. The van der Waals surface area contributed by atoms with Crippen molar-refractivity contribution in [2.45, 2.75) is 16.7 Å². The summed E-state index contributed by atoms with van der Waals surface area (Å²) in [5.74, 6) is -0.348. The number of fused-ring (bicyclic) bond motifs is 2. The summed E-state index contributed by atoms with van der Waals surface area (Å²) in [7, 11) is 0. The van der Waals surface area contributed by atoms with E-state index in [1.165, 1.54) is 0 Å². The molecule has 1 unspecified atom stereocenters. The second kappa shape index (κ2) is 7.39. The Labute approximate surface area is 160 Å². The lowest BCUT2D eigenvalue weighted by molar-refractivity contribution is 0.0526. The van der Waals surface area contributed by atoms with Crippen molar-refractivity contribution in [1.29, 1.82) is 0 Å². The number of ether oxygens (including phenoxy) is 1. The number of carbonyl (C=O) groups is 1. The molecule has 5 heteroatoms. The summed E-state index contributed by atoms with van der Waals surface area (Å²) >= 11 is -1.31. The minimum Gasteiger partial charge on any atom is -0.606 e. The third kappa shape index (κ3) is 3.27. The van der Waals surface area contributed by atoms with Gasteiger partial charge >= 0.3 is 5.97 Å². The molecule has 0 aromatic heterocycles. The molecule has 3 aromatic carbocycles. The van der Waals surface area contributed by atoms with Gasteiger partial charge in [0.15, 0.2) is 9.79 Å². The summed E-state index contributed by atoms with van der Waals surface area (Å²) in [6, 6.07) is 22.2. The first-order valence-electron chi connectivity index (χ1n) is 8.65. The highest BCUT2D eigenvalue weighted by Gasteiger charge is 2.28. The molecule has 1 heterocycles. The Balaban J connectivity index is 1.85. The smallest absolute Gasteiger partial charge is 0.338 e. The number of nitrogens with zero attached hydrogens (tertiary/aromatic N) is 1. The first kappa shape index (κ1) is 17.5. The quantitative estimate of drug-likeness (QED) is 0.500. The number of carbonyl (C=O) groups excluding carboxylic acids is 1. The first-order chi connectivity index (χ1) is 13.2. The third-order valence-corrected chi connectivity index (χ3v) is 5.81. The molecule has 1 aliphatic heterocycles. The second-order valence-electron chi connectivity index (χ2n) is 5.99. The molecular weight excluding hydrogens is 358 g/mol. The molecule has 134 valence electrons. The van der Waals surface area contributed by atoms with Crippen LogP contribution >= 0.6 is 0 Å². The molecule has 4 rings (SSSR count). The molecule has 27 heavy (non-hydrogen) atoms. The van der Waals surface area contributed by atoms with Crippen molar-refractivity contribution in [1.82, 2.24) is 0 Å². The van der Waals surface area contributed by atoms with E-state index in [0.717, 1.165) is 21.7 Å². The number of esters is 1. The van der Waals surface area contributed by atoms with Crippen LogP contribution in [0, 0.1) is 0 Å². The van der Waals surface area contributed by atoms with E-state index in [0.29, 0.717) is 22.8 Å². The van der Waals surface area contributed by atoms with Gasteiger partial charge in [-0.15, -0.1) is 0 Å². The monoisotopic (exact) mass is 375 g/mol. The van der Waals surface area contributed by atoms with E-state index in [1.807, 2.05) is 60.7 Å². The molecule has 0 saturated heterocycles. The largest absolute Gasteiger partial charge is 0.606 e. The Morgan fingerprint density at radius 2 is 1.63 bits per heavy atom. The zero-order valence-electron chi connectivity index (χ0n) is 14.7. The van der Waals surface area contributed by atoms with Crippen LogP contribution in [0.25, 0.3) is 0 Å². The van der Waals surface area contributed by atoms with Gasteiger partial charge < -0.3 is 9.29 Å². The number of para-hydroxylation sites is 1. The Morgan fingerprint density at radius 3 is 2.37 bits per heavy atom. The van der Waals surface area contributed by atoms with E-state index in [9.17, 15) is 9.35 Å². The Bertz CT molecular complexity index is 1030. The molecule has 0 fully saturated rings. The van der Waals surface area contributed by atoms with Gasteiger partial charge in [0.25, 0.3) is 0 Å². The number of hydrogen-bond donors (Lipinski definition) is 0. The average Bonchev–Trinajstić information content (AvgIpc) is 2.84. The van der Waals surface area contributed by atoms with Crippen LogP contribution in [-0.2, 0) is 15.9 Å². The molecule has 0 spiro atoms. The van der Waals surface area contributed by atoms with Crippen LogP contribution in [-0.4, -0.2) is 22.8 Å². The fourth-order valence-corrected chi connectivity index (χ4v) is 4.34. The maximum Gasteiger partial charge on any atom is 0.338 e. The van der Waals surface area contributed by atoms with Crippen molar-refractivity contribution in [2.24, 2.45) is 4.99 Å². The van der Waals surface area contributed by atoms with Gasteiger partial charge in [-0.25, -0.2) is 9.79 Å². The molecule has 0 amide bonds. The molecule has 4 nitrogen and oxygen atoms in total. The van der Waals surface area contributed by atoms with Gasteiger partial charge in [-0.1, -0.05) is 36.4 Å². The lowest BCUT2D eigenvalue weighted by atomic mass is 10.0. The third-order valence-electron chi connectivity index (χ3n) is 4.31. The number of hydrogen-bond acceptors (Lipinski definition) is 4. The fourth-order valence-electron chi connectivity index (χ4n) is 3.03. The van der Waals surface area contributed by atoms with Crippen LogP contribution in [0.3, 0.4) is 0 Å². The van der Waals surface area contributed by atoms with Crippen LogP contribution < -0.4 is 0 Å². The normalized spacial score (nSPS) is 15.2. The van der Waals surface area contributed by atoms with Gasteiger partial charge in [0.05, 0.1) is 23.4 Å². The molecule has 0 N–H and O–H groups in total. The van der Waals surface area contributed by atoms with E-state index in [2.05, 4.69) is 0 Å². The van der Waals surface area contributed by atoms with Gasteiger partial charge in [0.1, 0.15) is 5.69 Å². The van der Waals surface area contributed by atoms with Crippen LogP contribution in [0.15, 0.2) is 87.6 Å². The summed E-state index contributed by atoms with van der Waals surface area (Å²) in [6.07, 6.45) is 0. The molecule has 0 saturated carbocycles. The van der Waals surface area contributed by atoms with Gasteiger partial charge in [0, 0.05) is 16.7 Å². The Kier molecular flexibility index (Phi) is 4.79. The second-order valence-corrected chi connectivity index (χ2v) is 7.41. The zero-order valence-corrected chi connectivity index (χ0v) is 15.5. The number of benzene rings is 3. The summed E-state index contributed by atoms with van der Waals surface area (Å²) in [6.45, 7) is 2.12. The minimum atomic E-state index is -1.31. The first-order valence-corrected chi connectivity index (χ1v) is 9.80. The summed E-state index contributed by atoms with van der Waals surface area (Å²) in [5, 5.41) is 0. The molecule has 0 aliphatic carbocycles. The van der Waals surface area contributed by atoms with Gasteiger partial charge in [0.2, 0.25) is 0 Å². The Hall–Kier alpha value is -2.89. The van der Waals surface area contributed by atoms with Crippen molar-refractivity contribution in [3.05, 3.63) is 89.5 Å². The maximum atomic E-state index is 13.1. The number of rotatable bonds is 3. The molecule has 3 aromatic rings. The van der Waals surface area contributed by atoms with E-state index in [-0.39, 0.29) is 5.97 Å². The van der Waals surface area contributed by atoms with Gasteiger partial charge in [-0.2, -0.15) is 0 Å². The van der Waals surface area contributed by atoms with Crippen molar-refractivity contribution in [2.75, 3.05) is 6.61 Å². The van der Waals surface area contributed by atoms with E-state index < -0.39 is 11.2 Å². The standard InChI is InChI=1S/C22H17NO3S/c1-2-26-22(24)16-13-11-15(12-14-16)21-17-7-3-5-9-19(17)27(25)20-10-6-4-8-18(20)23-21/h3-14H,2H2,1H3. The van der Waals surface area contributed by atoms with E-state index >= 15 is 0 Å². The molecule has 1 atom stereocenters. The van der Waals surface area contributed by atoms with Crippen LogP contribution in [0.4, 0.5) is 5.69 Å². The minimum absolute atomic E-state index is 0.337. The van der Waals surface area contributed by atoms with Crippen LogP contribution in [0.5, 0.6) is 0 Å². The average molecular weight is 375 g/mol. The predicted octanol–water partition coefficient (Wildman–Crippen LogP) is 4.51. The molecular formula is C22H17NO3S. The van der Waals surface area contributed by atoms with E-state index in [4.69, 9.17) is 9.73 Å². The van der Waals surface area contributed by atoms with Crippen molar-refractivity contribution in [3.8, 4) is 0 Å². The summed E-state index contributed by atoms with van der Waals surface area (Å²) in [4.78, 5) is 18.1. The van der Waals surface area contributed by atoms with Crippen LogP contribution in [0.2, 0.25) is 0 Å². The highest BCUT2D eigenvalue weighted by Crippen LogP contribution is 2.36. The summed E-state index contributed by atoms with van der Waals surface area (Å²) in [5.41, 5.74) is 3.60.